The molecular formula is C20H23ClN4S. The van der Waals surface area contributed by atoms with Crippen molar-refractivity contribution in [2.75, 3.05) is 6.54 Å². The molecule has 0 N–H and O–H groups in total. The molecule has 1 atom stereocenters. The van der Waals surface area contributed by atoms with Crippen LogP contribution in [0.3, 0.4) is 0 Å². The minimum absolute atomic E-state index is 0.0414. The Kier molecular flexibility index (Phi) is 4.63. The molecule has 136 valence electrons. The number of nitrogens with zero attached hydrogens (tertiary/aromatic N) is 4. The molecule has 4 nitrogen and oxygen atoms in total. The maximum Gasteiger partial charge on any atom is 0.144 e. The number of thiazole rings is 1. The van der Waals surface area contributed by atoms with Gasteiger partial charge in [-0.05, 0) is 44.5 Å². The lowest BCUT2D eigenvalue weighted by Crippen LogP contribution is -2.41. The highest BCUT2D eigenvalue weighted by molar-refractivity contribution is 7.13. The quantitative estimate of drug-likeness (QED) is 0.635. The molecule has 1 saturated heterocycles. The van der Waals surface area contributed by atoms with Crippen molar-refractivity contribution in [2.45, 2.75) is 38.3 Å². The van der Waals surface area contributed by atoms with Crippen LogP contribution in [-0.4, -0.2) is 31.7 Å². The molecule has 0 amide bonds. The largest absolute Gasteiger partial charge is 0.292 e. The van der Waals surface area contributed by atoms with Gasteiger partial charge in [-0.1, -0.05) is 29.8 Å². The fourth-order valence-electron chi connectivity index (χ4n) is 3.95. The van der Waals surface area contributed by atoms with E-state index in [4.69, 9.17) is 16.6 Å². The lowest BCUT2D eigenvalue weighted by Gasteiger charge is -2.36. The van der Waals surface area contributed by atoms with Crippen molar-refractivity contribution in [3.05, 3.63) is 58.2 Å². The summed E-state index contributed by atoms with van der Waals surface area (Å²) >= 11 is 8.14. The second kappa shape index (κ2) is 6.80. The SMILES string of the molecule is Cn1ccc(-c2nc(CN3CCC(c4ccccc4Cl)C3(C)C)cs2)n1. The maximum absolute atomic E-state index is 6.47. The minimum atomic E-state index is 0.0414. The third-order valence-electron chi connectivity index (χ3n) is 5.47. The van der Waals surface area contributed by atoms with E-state index in [9.17, 15) is 0 Å². The Balaban J connectivity index is 1.53. The van der Waals surface area contributed by atoms with Gasteiger partial charge in [0.2, 0.25) is 0 Å². The van der Waals surface area contributed by atoms with E-state index in [1.54, 1.807) is 11.3 Å². The number of benzene rings is 1. The Morgan fingerprint density at radius 2 is 2.08 bits per heavy atom. The number of halogens is 1. The van der Waals surface area contributed by atoms with Gasteiger partial charge in [-0.3, -0.25) is 9.58 Å². The molecule has 1 fully saturated rings. The molecule has 1 aromatic carbocycles. The molecule has 0 bridgehead atoms. The normalized spacial score (nSPS) is 19.9. The van der Waals surface area contributed by atoms with Gasteiger partial charge in [-0.25, -0.2) is 4.98 Å². The van der Waals surface area contributed by atoms with E-state index in [1.807, 2.05) is 36.1 Å². The average Bonchev–Trinajstić information content (AvgIpc) is 3.29. The Labute approximate surface area is 163 Å². The van der Waals surface area contributed by atoms with Crippen LogP contribution in [0.5, 0.6) is 0 Å². The number of aryl methyl sites for hydroxylation is 1. The fraction of sp³-hybridized carbons (Fsp3) is 0.400. The predicted molar refractivity (Wildman–Crippen MR) is 108 cm³/mol. The van der Waals surface area contributed by atoms with Crippen molar-refractivity contribution < 1.29 is 0 Å². The first kappa shape index (κ1) is 17.7. The van der Waals surface area contributed by atoms with Crippen molar-refractivity contribution in [2.24, 2.45) is 7.05 Å². The Bertz CT molecular complexity index is 914. The molecular weight excluding hydrogens is 364 g/mol. The number of hydrogen-bond donors (Lipinski definition) is 0. The molecule has 26 heavy (non-hydrogen) atoms. The number of hydrogen-bond acceptors (Lipinski definition) is 4. The van der Waals surface area contributed by atoms with Crippen molar-refractivity contribution in [3.63, 3.8) is 0 Å². The molecule has 0 aliphatic carbocycles. The van der Waals surface area contributed by atoms with E-state index in [0.717, 1.165) is 40.9 Å². The van der Waals surface area contributed by atoms with Crippen LogP contribution in [0.2, 0.25) is 5.02 Å². The molecule has 3 aromatic rings. The summed E-state index contributed by atoms with van der Waals surface area (Å²) in [6, 6.07) is 10.3. The van der Waals surface area contributed by atoms with Crippen LogP contribution >= 0.6 is 22.9 Å². The zero-order valence-corrected chi connectivity index (χ0v) is 16.9. The van der Waals surface area contributed by atoms with Crippen LogP contribution in [-0.2, 0) is 13.6 Å². The first-order chi connectivity index (χ1) is 12.4. The molecule has 1 aliphatic heterocycles. The van der Waals surface area contributed by atoms with E-state index in [1.165, 1.54) is 5.56 Å². The van der Waals surface area contributed by atoms with E-state index in [-0.39, 0.29) is 5.54 Å². The molecule has 1 aliphatic rings. The predicted octanol–water partition coefficient (Wildman–Crippen LogP) is 4.97. The summed E-state index contributed by atoms with van der Waals surface area (Å²) in [6.07, 6.45) is 3.07. The second-order valence-electron chi connectivity index (χ2n) is 7.46. The highest BCUT2D eigenvalue weighted by Crippen LogP contribution is 2.44. The van der Waals surface area contributed by atoms with Gasteiger partial charge >= 0.3 is 0 Å². The summed E-state index contributed by atoms with van der Waals surface area (Å²) in [7, 11) is 1.93. The summed E-state index contributed by atoms with van der Waals surface area (Å²) < 4.78 is 1.81. The monoisotopic (exact) mass is 386 g/mol. The topological polar surface area (TPSA) is 34.0 Å². The lowest BCUT2D eigenvalue weighted by molar-refractivity contribution is 0.152. The highest BCUT2D eigenvalue weighted by Gasteiger charge is 2.42. The maximum atomic E-state index is 6.47. The van der Waals surface area contributed by atoms with E-state index in [0.29, 0.717) is 5.92 Å². The standard InChI is InChI=1S/C20H23ClN4S/c1-20(2)16(15-6-4-5-7-17(15)21)8-11-25(20)12-14-13-26-19(22-14)18-9-10-24(3)23-18/h4-7,9-10,13,16H,8,11-12H2,1-3H3. The molecule has 2 aromatic heterocycles. The van der Waals surface area contributed by atoms with Gasteiger partial charge in [-0.15, -0.1) is 11.3 Å². The first-order valence-electron chi connectivity index (χ1n) is 8.89. The van der Waals surface area contributed by atoms with Gasteiger partial charge in [0.05, 0.1) is 5.69 Å². The fourth-order valence-corrected chi connectivity index (χ4v) is 4.99. The molecule has 0 spiro atoms. The summed E-state index contributed by atoms with van der Waals surface area (Å²) in [6.45, 7) is 6.55. The summed E-state index contributed by atoms with van der Waals surface area (Å²) in [5.41, 5.74) is 3.36. The van der Waals surface area contributed by atoms with Gasteiger partial charge in [0.25, 0.3) is 0 Å². The molecule has 6 heteroatoms. The highest BCUT2D eigenvalue weighted by atomic mass is 35.5. The van der Waals surface area contributed by atoms with Crippen molar-refractivity contribution in [1.82, 2.24) is 19.7 Å². The third kappa shape index (κ3) is 3.20. The van der Waals surface area contributed by atoms with Gasteiger partial charge in [-0.2, -0.15) is 5.10 Å². The summed E-state index contributed by atoms with van der Waals surface area (Å²) in [4.78, 5) is 7.34. The number of rotatable bonds is 4. The zero-order valence-electron chi connectivity index (χ0n) is 15.3. The van der Waals surface area contributed by atoms with Crippen LogP contribution in [0, 0.1) is 0 Å². The number of aromatic nitrogens is 3. The first-order valence-corrected chi connectivity index (χ1v) is 10.1. The Hall–Kier alpha value is -1.69. The van der Waals surface area contributed by atoms with Gasteiger partial charge in [0.15, 0.2) is 0 Å². The number of likely N-dealkylation sites (tertiary alicyclic amines) is 1. The smallest absolute Gasteiger partial charge is 0.144 e. The summed E-state index contributed by atoms with van der Waals surface area (Å²) in [5.74, 6) is 0.435. The van der Waals surface area contributed by atoms with Crippen LogP contribution in [0.1, 0.15) is 37.4 Å². The van der Waals surface area contributed by atoms with Gasteiger partial charge in [0.1, 0.15) is 10.7 Å². The van der Waals surface area contributed by atoms with Crippen LogP contribution in [0.4, 0.5) is 0 Å². The van der Waals surface area contributed by atoms with Crippen LogP contribution in [0.25, 0.3) is 10.7 Å². The molecule has 1 unspecified atom stereocenters. The lowest BCUT2D eigenvalue weighted by atomic mass is 9.82. The Morgan fingerprint density at radius 3 is 2.81 bits per heavy atom. The molecule has 0 radical (unpaired) electrons. The van der Waals surface area contributed by atoms with Crippen molar-refractivity contribution in [1.29, 1.82) is 0 Å². The van der Waals surface area contributed by atoms with Crippen LogP contribution < -0.4 is 0 Å². The van der Waals surface area contributed by atoms with Gasteiger partial charge in [0, 0.05) is 41.6 Å². The minimum Gasteiger partial charge on any atom is -0.292 e. The third-order valence-corrected chi connectivity index (χ3v) is 6.73. The van der Waals surface area contributed by atoms with Gasteiger partial charge < -0.3 is 0 Å². The molecule has 4 rings (SSSR count). The molecule has 0 saturated carbocycles. The molecule has 3 heterocycles. The van der Waals surface area contributed by atoms with Crippen LogP contribution in [0.15, 0.2) is 41.9 Å². The Morgan fingerprint density at radius 1 is 1.27 bits per heavy atom. The van der Waals surface area contributed by atoms with E-state index in [2.05, 4.69) is 41.4 Å². The summed E-state index contributed by atoms with van der Waals surface area (Å²) in [5, 5.41) is 8.47. The van der Waals surface area contributed by atoms with E-state index < -0.39 is 0 Å². The average molecular weight is 387 g/mol. The van der Waals surface area contributed by atoms with E-state index >= 15 is 0 Å². The van der Waals surface area contributed by atoms with Crippen molar-refractivity contribution in [3.8, 4) is 10.7 Å². The second-order valence-corrected chi connectivity index (χ2v) is 8.72. The zero-order chi connectivity index (χ0) is 18.3. The van der Waals surface area contributed by atoms with Crippen molar-refractivity contribution >= 4 is 22.9 Å².